The predicted molar refractivity (Wildman–Crippen MR) is 48.9 cm³/mol. The molecule has 0 atom stereocenters. The van der Waals surface area contributed by atoms with E-state index in [1.165, 1.54) is 12.8 Å². The van der Waals surface area contributed by atoms with Crippen LogP contribution in [-0.2, 0) is 4.79 Å². The summed E-state index contributed by atoms with van der Waals surface area (Å²) >= 11 is 0. The zero-order valence-corrected chi connectivity index (χ0v) is 7.75. The van der Waals surface area contributed by atoms with Crippen molar-refractivity contribution in [3.63, 3.8) is 0 Å². The van der Waals surface area contributed by atoms with E-state index in [-0.39, 0.29) is 0 Å². The quantitative estimate of drug-likeness (QED) is 0.622. The first-order valence-electron chi connectivity index (χ1n) is 4.69. The van der Waals surface area contributed by atoms with Crippen LogP contribution in [0.2, 0.25) is 0 Å². The van der Waals surface area contributed by atoms with Crippen molar-refractivity contribution in [2.75, 3.05) is 26.7 Å². The van der Waals surface area contributed by atoms with Gasteiger partial charge in [-0.05, 0) is 38.3 Å². The largest absolute Gasteiger partial charge is 0.348 e. The smallest absolute Gasteiger partial charge is 0.209 e. The summed E-state index contributed by atoms with van der Waals surface area (Å²) in [7, 11) is 1.84. The summed E-state index contributed by atoms with van der Waals surface area (Å²) < 4.78 is 0. The van der Waals surface area contributed by atoms with Crippen LogP contribution in [0.15, 0.2) is 0 Å². The van der Waals surface area contributed by atoms with Crippen LogP contribution < -0.4 is 5.32 Å². The molecule has 1 rings (SSSR count). The van der Waals surface area contributed by atoms with Gasteiger partial charge in [-0.2, -0.15) is 0 Å². The minimum absolute atomic E-state index is 0.827. The van der Waals surface area contributed by atoms with Crippen molar-refractivity contribution in [2.45, 2.75) is 19.3 Å². The van der Waals surface area contributed by atoms with Crippen LogP contribution in [0.5, 0.6) is 0 Å². The fourth-order valence-electron chi connectivity index (χ4n) is 1.61. The first-order valence-corrected chi connectivity index (χ1v) is 4.69. The average Bonchev–Trinajstić information content (AvgIpc) is 2.16. The number of piperidine rings is 1. The molecule has 1 fully saturated rings. The predicted octanol–water partition coefficient (Wildman–Crippen LogP) is 0.464. The molecule has 1 saturated heterocycles. The van der Waals surface area contributed by atoms with E-state index in [9.17, 15) is 4.79 Å². The van der Waals surface area contributed by atoms with Gasteiger partial charge in [0.05, 0.1) is 0 Å². The van der Waals surface area contributed by atoms with E-state index in [1.54, 1.807) is 4.90 Å². The van der Waals surface area contributed by atoms with Crippen LogP contribution in [0.3, 0.4) is 0 Å². The number of carbonyl (C=O) groups is 1. The molecule has 0 aromatic heterocycles. The zero-order valence-electron chi connectivity index (χ0n) is 7.75. The Labute approximate surface area is 74.1 Å². The van der Waals surface area contributed by atoms with E-state index >= 15 is 0 Å². The van der Waals surface area contributed by atoms with E-state index in [1.807, 2.05) is 7.05 Å². The highest BCUT2D eigenvalue weighted by atomic mass is 16.1. The Morgan fingerprint density at radius 2 is 2.17 bits per heavy atom. The van der Waals surface area contributed by atoms with Gasteiger partial charge >= 0.3 is 0 Å². The molecule has 3 heteroatoms. The Morgan fingerprint density at radius 1 is 1.50 bits per heavy atom. The van der Waals surface area contributed by atoms with Gasteiger partial charge in [0.1, 0.15) is 0 Å². The van der Waals surface area contributed by atoms with Gasteiger partial charge in [-0.25, -0.2) is 0 Å². The monoisotopic (exact) mass is 170 g/mol. The molecule has 0 aromatic rings. The van der Waals surface area contributed by atoms with E-state index < -0.39 is 0 Å². The fourth-order valence-corrected chi connectivity index (χ4v) is 1.61. The van der Waals surface area contributed by atoms with E-state index in [4.69, 9.17) is 0 Å². The highest BCUT2D eigenvalue weighted by Crippen LogP contribution is 2.15. The molecular formula is C9H18N2O. The Balaban J connectivity index is 2.08. The lowest BCUT2D eigenvalue weighted by Crippen LogP contribution is -2.30. The van der Waals surface area contributed by atoms with Crippen LogP contribution in [-0.4, -0.2) is 38.0 Å². The van der Waals surface area contributed by atoms with Crippen LogP contribution in [0.1, 0.15) is 19.3 Å². The van der Waals surface area contributed by atoms with Crippen LogP contribution in [0.4, 0.5) is 0 Å². The number of hydrogen-bond acceptors (Lipinski definition) is 2. The summed E-state index contributed by atoms with van der Waals surface area (Å²) in [4.78, 5) is 12.0. The molecule has 12 heavy (non-hydrogen) atoms. The third-order valence-corrected chi connectivity index (χ3v) is 2.53. The van der Waals surface area contributed by atoms with Gasteiger partial charge in [0, 0.05) is 13.6 Å². The molecule has 0 radical (unpaired) electrons. The summed E-state index contributed by atoms with van der Waals surface area (Å²) in [5, 5.41) is 3.33. The Kier molecular flexibility index (Phi) is 4.08. The van der Waals surface area contributed by atoms with Crippen molar-refractivity contribution in [1.29, 1.82) is 0 Å². The minimum Gasteiger partial charge on any atom is -0.348 e. The summed E-state index contributed by atoms with van der Waals surface area (Å²) in [6, 6.07) is 0. The first-order chi connectivity index (χ1) is 5.83. The normalized spacial score (nSPS) is 19.1. The molecule has 0 saturated carbocycles. The van der Waals surface area contributed by atoms with Crippen molar-refractivity contribution >= 4 is 6.41 Å². The van der Waals surface area contributed by atoms with E-state index in [2.05, 4.69) is 5.32 Å². The number of nitrogens with zero attached hydrogens (tertiary/aromatic N) is 1. The lowest BCUT2D eigenvalue weighted by Gasteiger charge is -2.23. The molecular weight excluding hydrogens is 152 g/mol. The number of hydrogen-bond donors (Lipinski definition) is 1. The lowest BCUT2D eigenvalue weighted by atomic mass is 9.95. The molecule has 1 heterocycles. The second kappa shape index (κ2) is 5.14. The van der Waals surface area contributed by atoms with Gasteiger partial charge < -0.3 is 10.2 Å². The minimum atomic E-state index is 0.827. The van der Waals surface area contributed by atoms with Crippen molar-refractivity contribution in [3.8, 4) is 0 Å². The lowest BCUT2D eigenvalue weighted by molar-refractivity contribution is -0.117. The molecule has 3 nitrogen and oxygen atoms in total. The topological polar surface area (TPSA) is 32.3 Å². The SMILES string of the molecule is CN(C=O)CCC1CCNCC1. The first kappa shape index (κ1) is 9.52. The fraction of sp³-hybridized carbons (Fsp3) is 0.889. The molecule has 1 N–H and O–H groups in total. The van der Waals surface area contributed by atoms with Crippen LogP contribution >= 0.6 is 0 Å². The standard InChI is InChI=1S/C9H18N2O/c1-11(8-12)7-4-9-2-5-10-6-3-9/h8-10H,2-7H2,1H3. The molecule has 0 bridgehead atoms. The van der Waals surface area contributed by atoms with Gasteiger partial charge in [0.25, 0.3) is 0 Å². The second-order valence-corrected chi connectivity index (χ2v) is 3.57. The van der Waals surface area contributed by atoms with Crippen LogP contribution in [0, 0.1) is 5.92 Å². The summed E-state index contributed by atoms with van der Waals surface area (Å²) in [5.41, 5.74) is 0. The molecule has 1 aliphatic heterocycles. The highest BCUT2D eigenvalue weighted by molar-refractivity contribution is 5.46. The zero-order chi connectivity index (χ0) is 8.81. The molecule has 1 amide bonds. The molecule has 0 aliphatic carbocycles. The summed E-state index contributed by atoms with van der Waals surface area (Å²) in [6.07, 6.45) is 4.61. The van der Waals surface area contributed by atoms with E-state index in [0.717, 1.165) is 38.4 Å². The van der Waals surface area contributed by atoms with E-state index in [0.29, 0.717) is 0 Å². The Morgan fingerprint density at radius 3 is 2.75 bits per heavy atom. The molecule has 1 aliphatic rings. The third kappa shape index (κ3) is 3.22. The molecule has 70 valence electrons. The number of carbonyl (C=O) groups excluding carboxylic acids is 1. The van der Waals surface area contributed by atoms with Crippen molar-refractivity contribution in [2.24, 2.45) is 5.92 Å². The number of rotatable bonds is 4. The van der Waals surface area contributed by atoms with Crippen LogP contribution in [0.25, 0.3) is 0 Å². The number of amides is 1. The third-order valence-electron chi connectivity index (χ3n) is 2.53. The Hall–Kier alpha value is -0.570. The van der Waals surface area contributed by atoms with Gasteiger partial charge in [0.2, 0.25) is 6.41 Å². The van der Waals surface area contributed by atoms with Crippen molar-refractivity contribution in [1.82, 2.24) is 10.2 Å². The summed E-state index contributed by atoms with van der Waals surface area (Å²) in [5.74, 6) is 0.827. The maximum absolute atomic E-state index is 10.3. The maximum atomic E-state index is 10.3. The number of nitrogens with one attached hydrogen (secondary N) is 1. The van der Waals surface area contributed by atoms with Gasteiger partial charge in [-0.1, -0.05) is 0 Å². The van der Waals surface area contributed by atoms with Crippen molar-refractivity contribution in [3.05, 3.63) is 0 Å². The average molecular weight is 170 g/mol. The Bertz CT molecular complexity index is 132. The molecule has 0 aromatic carbocycles. The van der Waals surface area contributed by atoms with Crippen molar-refractivity contribution < 1.29 is 4.79 Å². The van der Waals surface area contributed by atoms with Gasteiger partial charge in [-0.3, -0.25) is 4.79 Å². The molecule has 0 spiro atoms. The maximum Gasteiger partial charge on any atom is 0.209 e. The highest BCUT2D eigenvalue weighted by Gasteiger charge is 2.12. The van der Waals surface area contributed by atoms with Gasteiger partial charge in [-0.15, -0.1) is 0 Å². The van der Waals surface area contributed by atoms with Gasteiger partial charge in [0.15, 0.2) is 0 Å². The summed E-state index contributed by atoms with van der Waals surface area (Å²) in [6.45, 7) is 3.21. The second-order valence-electron chi connectivity index (χ2n) is 3.57. The molecule has 0 unspecified atom stereocenters.